The van der Waals surface area contributed by atoms with Crippen LogP contribution >= 0.6 is 23.2 Å². The molecule has 2 rings (SSSR count). The van der Waals surface area contributed by atoms with Crippen LogP contribution in [0.3, 0.4) is 0 Å². The molecule has 20 heavy (non-hydrogen) atoms. The van der Waals surface area contributed by atoms with Crippen LogP contribution in [-0.2, 0) is 6.42 Å². The first kappa shape index (κ1) is 16.1. The average Bonchev–Trinajstić information content (AvgIpc) is 2.44. The molecule has 2 nitrogen and oxygen atoms in total. The van der Waals surface area contributed by atoms with Gasteiger partial charge in [0.15, 0.2) is 0 Å². The van der Waals surface area contributed by atoms with Crippen LogP contribution in [0.4, 0.5) is 0 Å². The summed E-state index contributed by atoms with van der Waals surface area (Å²) < 4.78 is 0. The number of nitrogens with one attached hydrogen (secondary N) is 1. The molecule has 1 unspecified atom stereocenters. The number of rotatable bonds is 6. The average molecular weight is 315 g/mol. The van der Waals surface area contributed by atoms with Gasteiger partial charge in [0, 0.05) is 22.6 Å². The number of hydrogen-bond donors (Lipinski definition) is 1. The minimum Gasteiger partial charge on any atom is -0.313 e. The maximum absolute atomic E-state index is 6.17. The Bertz CT molecular complexity index is 417. The lowest BCUT2D eigenvalue weighted by atomic mass is 10.1. The Morgan fingerprint density at radius 1 is 1.20 bits per heavy atom. The van der Waals surface area contributed by atoms with Crippen LogP contribution in [0.5, 0.6) is 0 Å². The molecule has 1 N–H and O–H groups in total. The van der Waals surface area contributed by atoms with Gasteiger partial charge < -0.3 is 10.2 Å². The molecule has 4 heteroatoms. The fourth-order valence-corrected chi connectivity index (χ4v) is 3.19. The highest BCUT2D eigenvalue weighted by Crippen LogP contribution is 2.20. The first-order valence-electron chi connectivity index (χ1n) is 7.55. The fourth-order valence-electron chi connectivity index (χ4n) is 2.78. The van der Waals surface area contributed by atoms with E-state index in [1.807, 2.05) is 18.2 Å². The molecule has 1 aliphatic rings. The van der Waals surface area contributed by atoms with E-state index < -0.39 is 0 Å². The Kier molecular flexibility index (Phi) is 6.63. The normalized spacial score (nSPS) is 18.1. The molecule has 1 heterocycles. The van der Waals surface area contributed by atoms with Crippen molar-refractivity contribution < 1.29 is 0 Å². The SMILES string of the molecule is CC(CN1CCCCC1)NCCc1cc(Cl)ccc1Cl. The second-order valence-electron chi connectivity index (χ2n) is 5.70. The van der Waals surface area contributed by atoms with Crippen LogP contribution in [0.25, 0.3) is 0 Å². The van der Waals surface area contributed by atoms with Crippen molar-refractivity contribution in [3.8, 4) is 0 Å². The molecule has 0 aliphatic carbocycles. The minimum absolute atomic E-state index is 0.519. The zero-order chi connectivity index (χ0) is 14.4. The number of halogens is 2. The van der Waals surface area contributed by atoms with Crippen molar-refractivity contribution >= 4 is 23.2 Å². The van der Waals surface area contributed by atoms with Gasteiger partial charge in [0.25, 0.3) is 0 Å². The third-order valence-electron chi connectivity index (χ3n) is 3.88. The maximum atomic E-state index is 6.17. The predicted octanol–water partition coefficient (Wildman–Crippen LogP) is 4.00. The van der Waals surface area contributed by atoms with Gasteiger partial charge in [-0.3, -0.25) is 0 Å². The van der Waals surface area contributed by atoms with Crippen molar-refractivity contribution in [1.29, 1.82) is 0 Å². The third kappa shape index (κ3) is 5.25. The molecule has 1 saturated heterocycles. The van der Waals surface area contributed by atoms with E-state index in [1.54, 1.807) is 0 Å². The molecular formula is C16H24Cl2N2. The van der Waals surface area contributed by atoms with Crippen molar-refractivity contribution in [2.24, 2.45) is 0 Å². The van der Waals surface area contributed by atoms with Crippen LogP contribution in [-0.4, -0.2) is 37.1 Å². The van der Waals surface area contributed by atoms with Gasteiger partial charge in [0.2, 0.25) is 0 Å². The Hall–Kier alpha value is -0.280. The van der Waals surface area contributed by atoms with E-state index in [9.17, 15) is 0 Å². The highest BCUT2D eigenvalue weighted by Gasteiger charge is 2.13. The summed E-state index contributed by atoms with van der Waals surface area (Å²) in [7, 11) is 0. The van der Waals surface area contributed by atoms with Gasteiger partial charge in [-0.15, -0.1) is 0 Å². The summed E-state index contributed by atoms with van der Waals surface area (Å²) in [6, 6.07) is 6.18. The fraction of sp³-hybridized carbons (Fsp3) is 0.625. The topological polar surface area (TPSA) is 15.3 Å². The number of likely N-dealkylation sites (tertiary alicyclic amines) is 1. The van der Waals surface area contributed by atoms with E-state index in [0.29, 0.717) is 6.04 Å². The highest BCUT2D eigenvalue weighted by molar-refractivity contribution is 6.33. The van der Waals surface area contributed by atoms with Crippen LogP contribution in [0.15, 0.2) is 18.2 Å². The van der Waals surface area contributed by atoms with Gasteiger partial charge in [-0.05, 0) is 69.6 Å². The predicted molar refractivity (Wildman–Crippen MR) is 87.9 cm³/mol. The first-order valence-corrected chi connectivity index (χ1v) is 8.30. The van der Waals surface area contributed by atoms with Gasteiger partial charge in [-0.1, -0.05) is 29.6 Å². The molecule has 1 aromatic carbocycles. The molecule has 1 fully saturated rings. The van der Waals surface area contributed by atoms with Crippen LogP contribution in [0.2, 0.25) is 10.0 Å². The number of nitrogens with zero attached hydrogens (tertiary/aromatic N) is 1. The van der Waals surface area contributed by atoms with Gasteiger partial charge in [0.05, 0.1) is 0 Å². The maximum Gasteiger partial charge on any atom is 0.0439 e. The summed E-state index contributed by atoms with van der Waals surface area (Å²) in [6.07, 6.45) is 5.02. The van der Waals surface area contributed by atoms with E-state index in [2.05, 4.69) is 17.1 Å². The van der Waals surface area contributed by atoms with Crippen LogP contribution in [0.1, 0.15) is 31.7 Å². The van der Waals surface area contributed by atoms with Gasteiger partial charge >= 0.3 is 0 Å². The van der Waals surface area contributed by atoms with Crippen molar-refractivity contribution in [3.63, 3.8) is 0 Å². The van der Waals surface area contributed by atoms with E-state index in [4.69, 9.17) is 23.2 Å². The minimum atomic E-state index is 0.519. The highest BCUT2D eigenvalue weighted by atomic mass is 35.5. The van der Waals surface area contributed by atoms with E-state index in [1.165, 1.54) is 32.4 Å². The smallest absolute Gasteiger partial charge is 0.0439 e. The Morgan fingerprint density at radius 2 is 1.95 bits per heavy atom. The summed E-state index contributed by atoms with van der Waals surface area (Å²) in [5, 5.41) is 5.14. The monoisotopic (exact) mass is 314 g/mol. The summed E-state index contributed by atoms with van der Waals surface area (Å²) in [5.41, 5.74) is 1.12. The second kappa shape index (κ2) is 8.23. The summed E-state index contributed by atoms with van der Waals surface area (Å²) in [4.78, 5) is 2.56. The van der Waals surface area contributed by atoms with Crippen molar-refractivity contribution in [3.05, 3.63) is 33.8 Å². The van der Waals surface area contributed by atoms with Crippen LogP contribution < -0.4 is 5.32 Å². The summed E-state index contributed by atoms with van der Waals surface area (Å²) in [6.45, 7) is 6.85. The lowest BCUT2D eigenvalue weighted by molar-refractivity contribution is 0.209. The molecule has 1 atom stereocenters. The zero-order valence-electron chi connectivity index (χ0n) is 12.2. The van der Waals surface area contributed by atoms with Crippen LogP contribution in [0, 0.1) is 0 Å². The molecule has 0 aromatic heterocycles. The summed E-state index contributed by atoms with van der Waals surface area (Å²) >= 11 is 12.2. The molecule has 0 radical (unpaired) electrons. The Morgan fingerprint density at radius 3 is 2.70 bits per heavy atom. The molecule has 0 bridgehead atoms. The lowest BCUT2D eigenvalue weighted by Gasteiger charge is -2.29. The largest absolute Gasteiger partial charge is 0.313 e. The standard InChI is InChI=1S/C16H24Cl2N2/c1-13(12-20-9-3-2-4-10-20)19-8-7-14-11-15(17)5-6-16(14)18/h5-6,11,13,19H,2-4,7-10,12H2,1H3. The van der Waals surface area contributed by atoms with Gasteiger partial charge in [0.1, 0.15) is 0 Å². The molecule has 112 valence electrons. The lowest BCUT2D eigenvalue weighted by Crippen LogP contribution is -2.42. The molecule has 0 amide bonds. The molecular weight excluding hydrogens is 291 g/mol. The molecule has 0 saturated carbocycles. The van der Waals surface area contributed by atoms with Crippen molar-refractivity contribution in [1.82, 2.24) is 10.2 Å². The number of piperidine rings is 1. The molecule has 1 aliphatic heterocycles. The molecule has 0 spiro atoms. The number of benzene rings is 1. The quantitative estimate of drug-likeness (QED) is 0.853. The van der Waals surface area contributed by atoms with Crippen molar-refractivity contribution in [2.75, 3.05) is 26.2 Å². The van der Waals surface area contributed by atoms with Gasteiger partial charge in [-0.2, -0.15) is 0 Å². The zero-order valence-corrected chi connectivity index (χ0v) is 13.7. The molecule has 1 aromatic rings. The van der Waals surface area contributed by atoms with E-state index >= 15 is 0 Å². The Balaban J connectivity index is 1.70. The number of hydrogen-bond acceptors (Lipinski definition) is 2. The summed E-state index contributed by atoms with van der Waals surface area (Å²) in [5.74, 6) is 0. The van der Waals surface area contributed by atoms with E-state index in [-0.39, 0.29) is 0 Å². The first-order chi connectivity index (χ1) is 9.65. The van der Waals surface area contributed by atoms with Crippen molar-refractivity contribution in [2.45, 2.75) is 38.6 Å². The van der Waals surface area contributed by atoms with Gasteiger partial charge in [-0.25, -0.2) is 0 Å². The third-order valence-corrected chi connectivity index (χ3v) is 4.48. The Labute approximate surface area is 132 Å². The second-order valence-corrected chi connectivity index (χ2v) is 6.55. The van der Waals surface area contributed by atoms with E-state index in [0.717, 1.165) is 35.1 Å².